The number of hydrogen-bond acceptors (Lipinski definition) is 2. The first-order valence-corrected chi connectivity index (χ1v) is 7.06. The maximum absolute atomic E-state index is 5.83. The number of benzene rings is 1. The van der Waals surface area contributed by atoms with E-state index in [0.29, 0.717) is 18.4 Å². The van der Waals surface area contributed by atoms with Crippen molar-refractivity contribution in [3.05, 3.63) is 29.8 Å². The molecule has 0 saturated heterocycles. The fraction of sp³-hybridized carbons (Fsp3) is 0.562. The number of nitrogens with one attached hydrogen (secondary N) is 1. The average molecular weight is 405 g/mol. The van der Waals surface area contributed by atoms with Gasteiger partial charge in [-0.15, -0.1) is 24.0 Å². The summed E-state index contributed by atoms with van der Waals surface area (Å²) in [7, 11) is 0. The van der Waals surface area contributed by atoms with Crippen molar-refractivity contribution in [2.45, 2.75) is 46.7 Å². The van der Waals surface area contributed by atoms with Crippen molar-refractivity contribution < 1.29 is 4.74 Å². The molecule has 0 amide bonds. The molecule has 1 aromatic carbocycles. The zero-order valence-electron chi connectivity index (χ0n) is 13.6. The first-order valence-electron chi connectivity index (χ1n) is 7.06. The molecule has 0 aromatic heterocycles. The van der Waals surface area contributed by atoms with E-state index in [1.807, 2.05) is 24.3 Å². The van der Waals surface area contributed by atoms with E-state index in [2.05, 4.69) is 44.9 Å². The van der Waals surface area contributed by atoms with Gasteiger partial charge in [0.25, 0.3) is 0 Å². The van der Waals surface area contributed by atoms with Crippen LogP contribution in [0.1, 0.15) is 40.2 Å². The highest BCUT2D eigenvalue weighted by atomic mass is 127. The van der Waals surface area contributed by atoms with E-state index in [4.69, 9.17) is 10.5 Å². The van der Waals surface area contributed by atoms with Gasteiger partial charge in [0.05, 0.1) is 13.2 Å². The topological polar surface area (TPSA) is 59.6 Å². The lowest BCUT2D eigenvalue weighted by molar-refractivity contribution is 0.271. The van der Waals surface area contributed by atoms with Gasteiger partial charge in [0.1, 0.15) is 5.75 Å². The van der Waals surface area contributed by atoms with Gasteiger partial charge in [-0.25, -0.2) is 4.99 Å². The lowest BCUT2D eigenvalue weighted by Gasteiger charge is -2.21. The van der Waals surface area contributed by atoms with Crippen LogP contribution in [-0.4, -0.2) is 18.1 Å². The predicted octanol–water partition coefficient (Wildman–Crippen LogP) is 3.54. The molecule has 0 radical (unpaired) electrons. The van der Waals surface area contributed by atoms with Crippen LogP contribution in [0.5, 0.6) is 5.75 Å². The van der Waals surface area contributed by atoms with Crippen molar-refractivity contribution in [2.75, 3.05) is 6.61 Å². The van der Waals surface area contributed by atoms with Gasteiger partial charge in [0.15, 0.2) is 5.96 Å². The summed E-state index contributed by atoms with van der Waals surface area (Å²) < 4.78 is 5.64. The van der Waals surface area contributed by atoms with E-state index >= 15 is 0 Å². The molecule has 0 saturated carbocycles. The Morgan fingerprint density at radius 3 is 2.29 bits per heavy atom. The molecule has 0 bridgehead atoms. The summed E-state index contributed by atoms with van der Waals surface area (Å²) in [5.74, 6) is 1.90. The molecule has 4 nitrogen and oxygen atoms in total. The smallest absolute Gasteiger partial charge is 0.189 e. The minimum Gasteiger partial charge on any atom is -0.493 e. The molecular formula is C16H28IN3O. The van der Waals surface area contributed by atoms with Crippen LogP contribution < -0.4 is 15.8 Å². The van der Waals surface area contributed by atoms with Gasteiger partial charge < -0.3 is 15.8 Å². The van der Waals surface area contributed by atoms with Gasteiger partial charge in [0.2, 0.25) is 0 Å². The minimum atomic E-state index is -0.0673. The number of ether oxygens (including phenoxy) is 1. The summed E-state index contributed by atoms with van der Waals surface area (Å²) in [5, 5.41) is 3.14. The maximum atomic E-state index is 5.83. The third kappa shape index (κ3) is 9.55. The standard InChI is InChI=1S/C16H27N3O.HI/c1-12(2)11-20-14-8-6-13(7-9-14)10-18-15(17)19-16(3,4)5;/h6-9,12H,10-11H2,1-5H3,(H3,17,18,19);1H. The van der Waals surface area contributed by atoms with E-state index in [0.717, 1.165) is 17.9 Å². The Balaban J connectivity index is 0.00000400. The average Bonchev–Trinajstić information content (AvgIpc) is 2.33. The van der Waals surface area contributed by atoms with Crippen LogP contribution in [0.2, 0.25) is 0 Å². The fourth-order valence-electron chi connectivity index (χ4n) is 1.55. The van der Waals surface area contributed by atoms with Gasteiger partial charge >= 0.3 is 0 Å². The molecular weight excluding hydrogens is 377 g/mol. The molecule has 0 aliphatic heterocycles. The SMILES string of the molecule is CC(C)COc1ccc(CN=C(N)NC(C)(C)C)cc1.I. The summed E-state index contributed by atoms with van der Waals surface area (Å²) in [6, 6.07) is 7.98. The largest absolute Gasteiger partial charge is 0.493 e. The number of nitrogens with zero attached hydrogens (tertiary/aromatic N) is 1. The molecule has 3 N–H and O–H groups in total. The van der Waals surface area contributed by atoms with Crippen LogP contribution in [0.25, 0.3) is 0 Å². The summed E-state index contributed by atoms with van der Waals surface area (Å²) in [5.41, 5.74) is 6.88. The van der Waals surface area contributed by atoms with E-state index in [-0.39, 0.29) is 29.5 Å². The van der Waals surface area contributed by atoms with E-state index in [1.165, 1.54) is 0 Å². The Labute approximate surface area is 145 Å². The first-order chi connectivity index (χ1) is 9.26. The second kappa shape index (κ2) is 9.12. The third-order valence-corrected chi connectivity index (χ3v) is 2.44. The molecule has 0 aliphatic carbocycles. The molecule has 0 fully saturated rings. The Bertz CT molecular complexity index is 436. The van der Waals surface area contributed by atoms with Gasteiger partial charge in [-0.05, 0) is 44.4 Å². The van der Waals surface area contributed by atoms with Gasteiger partial charge in [-0.1, -0.05) is 26.0 Å². The van der Waals surface area contributed by atoms with E-state index < -0.39 is 0 Å². The molecule has 0 atom stereocenters. The molecule has 21 heavy (non-hydrogen) atoms. The molecule has 1 rings (SSSR count). The number of halogens is 1. The molecule has 0 unspecified atom stereocenters. The molecule has 0 spiro atoms. The van der Waals surface area contributed by atoms with Crippen LogP contribution in [0.4, 0.5) is 0 Å². The van der Waals surface area contributed by atoms with Crippen LogP contribution >= 0.6 is 24.0 Å². The van der Waals surface area contributed by atoms with E-state index in [1.54, 1.807) is 0 Å². The zero-order chi connectivity index (χ0) is 15.2. The summed E-state index contributed by atoms with van der Waals surface area (Å²) in [6.45, 7) is 11.7. The molecule has 1 aromatic rings. The monoisotopic (exact) mass is 405 g/mol. The van der Waals surface area contributed by atoms with Crippen molar-refractivity contribution >= 4 is 29.9 Å². The fourth-order valence-corrected chi connectivity index (χ4v) is 1.55. The number of hydrogen-bond donors (Lipinski definition) is 2. The van der Waals surface area contributed by atoms with Crippen molar-refractivity contribution in [2.24, 2.45) is 16.6 Å². The highest BCUT2D eigenvalue weighted by Crippen LogP contribution is 2.13. The van der Waals surface area contributed by atoms with Gasteiger partial charge in [-0.2, -0.15) is 0 Å². The predicted molar refractivity (Wildman–Crippen MR) is 100 cm³/mol. The molecule has 0 heterocycles. The van der Waals surface area contributed by atoms with Crippen molar-refractivity contribution in [3.63, 3.8) is 0 Å². The zero-order valence-corrected chi connectivity index (χ0v) is 16.0. The second-order valence-electron chi connectivity index (χ2n) is 6.43. The summed E-state index contributed by atoms with van der Waals surface area (Å²) in [4.78, 5) is 4.33. The molecule has 5 heteroatoms. The molecule has 0 aliphatic rings. The van der Waals surface area contributed by atoms with Gasteiger partial charge in [-0.3, -0.25) is 0 Å². The van der Waals surface area contributed by atoms with Crippen molar-refractivity contribution in [1.29, 1.82) is 0 Å². The Hall–Kier alpha value is -0.980. The van der Waals surface area contributed by atoms with E-state index in [9.17, 15) is 0 Å². The summed E-state index contributed by atoms with van der Waals surface area (Å²) >= 11 is 0. The maximum Gasteiger partial charge on any atom is 0.189 e. The molecule has 120 valence electrons. The Morgan fingerprint density at radius 1 is 1.24 bits per heavy atom. The second-order valence-corrected chi connectivity index (χ2v) is 6.43. The quantitative estimate of drug-likeness (QED) is 0.448. The summed E-state index contributed by atoms with van der Waals surface area (Å²) in [6.07, 6.45) is 0. The lowest BCUT2D eigenvalue weighted by Crippen LogP contribution is -2.44. The third-order valence-electron chi connectivity index (χ3n) is 2.44. The van der Waals surface area contributed by atoms with Crippen molar-refractivity contribution in [3.8, 4) is 5.75 Å². The highest BCUT2D eigenvalue weighted by Gasteiger charge is 2.09. The number of guanidine groups is 1. The Kier molecular flexibility index (Phi) is 8.70. The van der Waals surface area contributed by atoms with Crippen LogP contribution in [0.15, 0.2) is 29.3 Å². The van der Waals surface area contributed by atoms with Gasteiger partial charge in [0, 0.05) is 5.54 Å². The highest BCUT2D eigenvalue weighted by molar-refractivity contribution is 14.0. The van der Waals surface area contributed by atoms with Crippen LogP contribution in [-0.2, 0) is 6.54 Å². The lowest BCUT2D eigenvalue weighted by atomic mass is 10.1. The van der Waals surface area contributed by atoms with Crippen LogP contribution in [0, 0.1) is 5.92 Å². The normalized spacial score (nSPS) is 12.0. The van der Waals surface area contributed by atoms with Crippen molar-refractivity contribution in [1.82, 2.24) is 5.32 Å². The minimum absolute atomic E-state index is 0. The number of aliphatic imine (C=N–C) groups is 1. The van der Waals surface area contributed by atoms with Crippen LogP contribution in [0.3, 0.4) is 0 Å². The number of nitrogens with two attached hydrogens (primary N) is 1. The Morgan fingerprint density at radius 2 is 1.81 bits per heavy atom. The first kappa shape index (κ1) is 20.0. The number of rotatable bonds is 5.